The number of likely N-dealkylation sites (tertiary alicyclic amines) is 1. The van der Waals surface area contributed by atoms with Crippen LogP contribution in [0.2, 0.25) is 0 Å². The van der Waals surface area contributed by atoms with Gasteiger partial charge in [0.2, 0.25) is 10.9 Å². The largest absolute Gasteiger partial charge is 0.446 e. The Hall–Kier alpha value is -4.17. The molecule has 1 unspecified atom stereocenters. The van der Waals surface area contributed by atoms with Gasteiger partial charge in [-0.1, -0.05) is 72.8 Å². The Balaban J connectivity index is 0.895. The van der Waals surface area contributed by atoms with E-state index in [0.717, 1.165) is 54.7 Å². The topological polar surface area (TPSA) is 153 Å². The van der Waals surface area contributed by atoms with E-state index in [2.05, 4.69) is 63.7 Å². The minimum Gasteiger partial charge on any atom is -0.446 e. The van der Waals surface area contributed by atoms with Crippen molar-refractivity contribution in [1.82, 2.24) is 14.2 Å². The fourth-order valence-electron chi connectivity index (χ4n) is 9.00. The van der Waals surface area contributed by atoms with E-state index in [-0.39, 0.29) is 24.8 Å². The lowest BCUT2D eigenvalue weighted by molar-refractivity contribution is -0.153. The zero-order valence-corrected chi connectivity index (χ0v) is 36.0. The molecule has 12 heteroatoms. The van der Waals surface area contributed by atoms with Gasteiger partial charge in [-0.2, -0.15) is 4.31 Å². The number of hydrogen-bond donors (Lipinski definition) is 5. The third-order valence-electron chi connectivity index (χ3n) is 12.5. The molecule has 1 saturated heterocycles. The number of nitrogens with one attached hydrogen (secondary N) is 1. The van der Waals surface area contributed by atoms with Crippen LogP contribution in [0.25, 0.3) is 10.8 Å². The number of carbonyl (C=O) groups excluding carboxylic acids is 1. The first-order valence-electron chi connectivity index (χ1n) is 21.8. The first kappa shape index (κ1) is 45.4. The number of nitrogens with zero attached hydrogens (tertiary/aromatic N) is 3. The third-order valence-corrected chi connectivity index (χ3v) is 13.4. The van der Waals surface area contributed by atoms with Gasteiger partial charge in [0.1, 0.15) is 0 Å². The van der Waals surface area contributed by atoms with Crippen molar-refractivity contribution in [3.63, 3.8) is 0 Å². The van der Waals surface area contributed by atoms with E-state index in [1.54, 1.807) is 6.92 Å². The first-order valence-corrected chi connectivity index (χ1v) is 22.9. The van der Waals surface area contributed by atoms with E-state index in [1.807, 2.05) is 55.7 Å². The van der Waals surface area contributed by atoms with E-state index in [9.17, 15) is 28.5 Å². The zero-order chi connectivity index (χ0) is 42.4. The summed E-state index contributed by atoms with van der Waals surface area (Å²) in [5.41, 5.74) is 5.66. The van der Waals surface area contributed by atoms with Crippen molar-refractivity contribution in [2.24, 2.45) is 11.8 Å². The summed E-state index contributed by atoms with van der Waals surface area (Å²) in [7, 11) is -2.98. The second-order valence-corrected chi connectivity index (χ2v) is 17.8. The molecule has 0 bridgehead atoms. The van der Waals surface area contributed by atoms with Crippen molar-refractivity contribution in [2.45, 2.75) is 122 Å². The fraction of sp³-hybridized carbons (Fsp3) is 0.500. The molecule has 1 aliphatic carbocycles. The highest BCUT2D eigenvalue weighted by molar-refractivity contribution is 7.69. The third kappa shape index (κ3) is 13.2. The van der Waals surface area contributed by atoms with Crippen LogP contribution in [0, 0.1) is 18.8 Å². The highest BCUT2D eigenvalue weighted by Gasteiger charge is 2.40. The Morgan fingerprint density at radius 1 is 1.00 bits per heavy atom. The van der Waals surface area contributed by atoms with Crippen molar-refractivity contribution in [3.8, 4) is 0 Å². The van der Waals surface area contributed by atoms with Crippen LogP contribution in [0.3, 0.4) is 0 Å². The number of ether oxygens (including phenoxy) is 1. The maximum Gasteiger partial charge on any atom is 0.307 e. The molecular formula is C48H64N4O7S. The summed E-state index contributed by atoms with van der Waals surface area (Å²) in [6.45, 7) is 6.54. The summed E-state index contributed by atoms with van der Waals surface area (Å²) in [5.74, 6) is -0.621. The molecule has 0 radical (unpaired) electrons. The lowest BCUT2D eigenvalue weighted by Crippen LogP contribution is -2.37. The number of benzene rings is 3. The van der Waals surface area contributed by atoms with Crippen molar-refractivity contribution in [1.29, 1.82) is 0 Å². The number of aryl methyl sites for hydroxylation is 2. The minimum absolute atomic E-state index is 0.0811. The molecular weight excluding hydrogens is 777 g/mol. The Kier molecular flexibility index (Phi) is 17.1. The average Bonchev–Trinajstić information content (AvgIpc) is 3.79. The molecule has 11 nitrogen and oxygen atoms in total. The zero-order valence-electron chi connectivity index (χ0n) is 35.1. The molecule has 3 aromatic carbocycles. The van der Waals surface area contributed by atoms with Crippen LogP contribution >= 0.6 is 0 Å². The normalized spacial score (nSPS) is 21.9. The van der Waals surface area contributed by atoms with Gasteiger partial charge in [0.25, 0.3) is 0 Å². The number of fused-ring (bicyclic) bond motifs is 1. The van der Waals surface area contributed by atoms with E-state index >= 15 is 0 Å². The summed E-state index contributed by atoms with van der Waals surface area (Å²) in [6, 6.07) is 25.1. The lowest BCUT2D eigenvalue weighted by Gasteiger charge is -2.24. The molecule has 4 N–H and O–H groups in total. The molecule has 2 heterocycles. The monoisotopic (exact) mass is 840 g/mol. The number of aliphatic hydroxyl groups excluding tert-OH is 3. The van der Waals surface area contributed by atoms with Crippen LogP contribution < -0.4 is 5.32 Å². The standard InChI is InChI=1S/C48H64N4O7S/c1-34-17-18-37(32-51-27-25-40(33-51)50-45-15-10-13-39-31-49-26-23-42(39)45)29-38(34)24-28-52(60(57)58)35(2)59-48(56)16-9-4-3-8-14-43-44(47(55)30-46(43)54)22-21-41(53)20-19-36-11-6-5-7-12-36/h3,5-8,10-13,15,17-18,23,26,29,31,35,40-41,43-44,46-47,50,53-55,60H,4,9,14,16,19-22,24-25,27-28,30,32-33H2,1-2H3/t35?,40-,41+,43-,44-,46-,47-/m1/s1. The Bertz CT molecular complexity index is 2070. The second-order valence-electron chi connectivity index (χ2n) is 16.8. The van der Waals surface area contributed by atoms with Gasteiger partial charge in [-0.3, -0.25) is 14.7 Å². The van der Waals surface area contributed by atoms with E-state index in [4.69, 9.17) is 4.74 Å². The van der Waals surface area contributed by atoms with Gasteiger partial charge in [0, 0.05) is 67.5 Å². The van der Waals surface area contributed by atoms with E-state index in [0.29, 0.717) is 57.4 Å². The number of anilines is 1. The van der Waals surface area contributed by atoms with Crippen molar-refractivity contribution < 1.29 is 33.3 Å². The molecule has 4 aromatic rings. The van der Waals surface area contributed by atoms with Gasteiger partial charge < -0.3 is 25.4 Å². The van der Waals surface area contributed by atoms with Crippen LogP contribution in [0.5, 0.6) is 0 Å². The molecule has 60 heavy (non-hydrogen) atoms. The van der Waals surface area contributed by atoms with Gasteiger partial charge in [-0.15, -0.1) is 0 Å². The van der Waals surface area contributed by atoms with Crippen LogP contribution in [-0.2, 0) is 39.8 Å². The summed E-state index contributed by atoms with van der Waals surface area (Å²) >= 11 is 0. The molecule has 1 saturated carbocycles. The summed E-state index contributed by atoms with van der Waals surface area (Å²) in [5, 5.41) is 38.0. The highest BCUT2D eigenvalue weighted by atomic mass is 32.2. The van der Waals surface area contributed by atoms with Crippen LogP contribution in [-0.4, -0.2) is 94.1 Å². The molecule has 6 rings (SSSR count). The Morgan fingerprint density at radius 2 is 1.82 bits per heavy atom. The van der Waals surface area contributed by atoms with Crippen LogP contribution in [0.15, 0.2) is 97.3 Å². The van der Waals surface area contributed by atoms with E-state index < -0.39 is 41.4 Å². The van der Waals surface area contributed by atoms with Crippen LogP contribution in [0.1, 0.15) is 87.0 Å². The number of thiol groups is 1. The minimum atomic E-state index is -2.98. The van der Waals surface area contributed by atoms with Crippen molar-refractivity contribution in [2.75, 3.05) is 25.0 Å². The number of pyridine rings is 1. The molecule has 324 valence electrons. The van der Waals surface area contributed by atoms with E-state index in [1.165, 1.54) is 20.8 Å². The maximum absolute atomic E-state index is 12.8. The summed E-state index contributed by atoms with van der Waals surface area (Å²) in [4.78, 5) is 19.5. The van der Waals surface area contributed by atoms with Crippen LogP contribution in [0.4, 0.5) is 5.69 Å². The van der Waals surface area contributed by atoms with Gasteiger partial charge in [-0.05, 0) is 124 Å². The summed E-state index contributed by atoms with van der Waals surface area (Å²) in [6.07, 6.45) is 11.6. The fourth-order valence-corrected chi connectivity index (χ4v) is 9.58. The van der Waals surface area contributed by atoms with Crippen molar-refractivity contribution in [3.05, 3.63) is 120 Å². The quantitative estimate of drug-likeness (QED) is 0.0189. The Labute approximate surface area is 357 Å². The molecule has 1 aromatic heterocycles. The van der Waals surface area contributed by atoms with Gasteiger partial charge in [-0.25, -0.2) is 8.42 Å². The number of rotatable bonds is 22. The molecule has 1 aliphatic heterocycles. The molecule has 7 atom stereocenters. The molecule has 2 fully saturated rings. The van der Waals surface area contributed by atoms with Gasteiger partial charge in [0.05, 0.1) is 18.3 Å². The summed E-state index contributed by atoms with van der Waals surface area (Å²) < 4.78 is 31.5. The predicted octanol–water partition coefficient (Wildman–Crippen LogP) is 6.74. The second kappa shape index (κ2) is 22.6. The number of aromatic nitrogens is 1. The van der Waals surface area contributed by atoms with Gasteiger partial charge in [0.15, 0.2) is 6.23 Å². The van der Waals surface area contributed by atoms with Crippen molar-refractivity contribution >= 4 is 33.3 Å². The number of aliphatic hydroxyl groups is 3. The average molecular weight is 841 g/mol. The lowest BCUT2D eigenvalue weighted by atomic mass is 9.85. The predicted molar refractivity (Wildman–Crippen MR) is 238 cm³/mol. The molecule has 2 aliphatic rings. The highest BCUT2D eigenvalue weighted by Crippen LogP contribution is 2.38. The number of carbonyl (C=O) groups is 1. The maximum atomic E-state index is 12.8. The first-order chi connectivity index (χ1) is 29.0. The molecule has 0 amide bonds. The number of allylic oxidation sites excluding steroid dienone is 2. The molecule has 0 spiro atoms. The number of esters is 1. The Morgan fingerprint density at radius 3 is 2.63 bits per heavy atom. The number of unbranched alkanes of at least 4 members (excludes halogenated alkanes) is 1. The SMILES string of the molecule is Cc1ccc(CN2CC[C@@H](Nc3cccc4cnccc34)C2)cc1CCN(C(C)OC(=O)CCCC=CC[C@@H]1[C@@H](CC[C@@H](O)CCc2ccccc2)[C@H](O)C[C@H]1O)[SH](=O)=O. The number of hydrogen-bond acceptors (Lipinski definition) is 10. The van der Waals surface area contributed by atoms with Gasteiger partial charge >= 0.3 is 5.97 Å². The smallest absolute Gasteiger partial charge is 0.307 e.